The minimum Gasteiger partial charge on any atom is -0.475 e. The molecule has 23 heavy (non-hydrogen) atoms. The van der Waals surface area contributed by atoms with E-state index in [1.54, 1.807) is 18.2 Å². The maximum atomic E-state index is 11.8. The highest BCUT2D eigenvalue weighted by molar-refractivity contribution is 5.94. The molecule has 6 heteroatoms. The molecule has 0 aliphatic rings. The van der Waals surface area contributed by atoms with Gasteiger partial charge in [0.2, 0.25) is 5.76 Å². The lowest BCUT2D eigenvalue weighted by molar-refractivity contribution is 0.0665. The largest absolute Gasteiger partial charge is 0.475 e. The number of rotatable bonds is 4. The van der Waals surface area contributed by atoms with Crippen molar-refractivity contribution in [3.8, 4) is 0 Å². The fraction of sp³-hybridized carbons (Fsp3) is 0.0588. The van der Waals surface area contributed by atoms with Gasteiger partial charge in [-0.1, -0.05) is 30.3 Å². The van der Waals surface area contributed by atoms with Crippen LogP contribution >= 0.6 is 0 Å². The molecule has 2 aromatic carbocycles. The Balaban J connectivity index is 1.66. The summed E-state index contributed by atoms with van der Waals surface area (Å²) in [7, 11) is 0. The molecule has 0 saturated heterocycles. The predicted octanol–water partition coefficient (Wildman–Crippen LogP) is 3.88. The number of benzene rings is 2. The third-order valence-electron chi connectivity index (χ3n) is 3.19. The summed E-state index contributed by atoms with van der Waals surface area (Å²) in [6.45, 7) is 0.166. The van der Waals surface area contributed by atoms with E-state index in [0.717, 1.165) is 5.56 Å². The van der Waals surface area contributed by atoms with Crippen molar-refractivity contribution in [1.82, 2.24) is 0 Å². The van der Waals surface area contributed by atoms with Crippen LogP contribution in [0.4, 0.5) is 10.5 Å². The Bertz CT molecular complexity index is 854. The molecule has 0 saturated carbocycles. The van der Waals surface area contributed by atoms with Gasteiger partial charge < -0.3 is 14.3 Å². The SMILES string of the molecule is O=C(Nc1ccc2cc(C(=O)O)oc2c1)OCc1ccccc1. The van der Waals surface area contributed by atoms with Crippen LogP contribution in [0.3, 0.4) is 0 Å². The molecule has 0 atom stereocenters. The molecule has 0 aliphatic carbocycles. The Morgan fingerprint density at radius 2 is 1.87 bits per heavy atom. The molecule has 1 heterocycles. The van der Waals surface area contributed by atoms with Crippen molar-refractivity contribution < 1.29 is 23.8 Å². The maximum absolute atomic E-state index is 11.8. The zero-order valence-electron chi connectivity index (χ0n) is 12.0. The van der Waals surface area contributed by atoms with Gasteiger partial charge >= 0.3 is 12.1 Å². The van der Waals surface area contributed by atoms with Gasteiger partial charge in [0.1, 0.15) is 12.2 Å². The van der Waals surface area contributed by atoms with E-state index in [9.17, 15) is 9.59 Å². The molecule has 1 aromatic heterocycles. The summed E-state index contributed by atoms with van der Waals surface area (Å²) in [4.78, 5) is 22.6. The van der Waals surface area contributed by atoms with Crippen LogP contribution in [0.15, 0.2) is 59.0 Å². The number of furan rings is 1. The Labute approximate surface area is 131 Å². The Morgan fingerprint density at radius 3 is 2.61 bits per heavy atom. The van der Waals surface area contributed by atoms with Crippen LogP contribution < -0.4 is 5.32 Å². The topological polar surface area (TPSA) is 88.8 Å². The summed E-state index contributed by atoms with van der Waals surface area (Å²) < 4.78 is 10.3. The molecule has 0 spiro atoms. The van der Waals surface area contributed by atoms with Gasteiger partial charge in [-0.25, -0.2) is 9.59 Å². The number of ether oxygens (including phenoxy) is 1. The van der Waals surface area contributed by atoms with Crippen molar-refractivity contribution in [2.45, 2.75) is 6.61 Å². The molecule has 0 fully saturated rings. The van der Waals surface area contributed by atoms with E-state index < -0.39 is 12.1 Å². The Morgan fingerprint density at radius 1 is 1.09 bits per heavy atom. The van der Waals surface area contributed by atoms with E-state index in [1.807, 2.05) is 30.3 Å². The molecule has 3 rings (SSSR count). The van der Waals surface area contributed by atoms with Crippen molar-refractivity contribution in [3.05, 3.63) is 65.9 Å². The average molecular weight is 311 g/mol. The smallest absolute Gasteiger partial charge is 0.411 e. The van der Waals surface area contributed by atoms with Crippen molar-refractivity contribution >= 4 is 28.7 Å². The summed E-state index contributed by atoms with van der Waals surface area (Å²) in [5.41, 5.74) is 1.72. The highest BCUT2D eigenvalue weighted by Gasteiger charge is 2.11. The number of fused-ring (bicyclic) bond motifs is 1. The molecule has 116 valence electrons. The van der Waals surface area contributed by atoms with Crippen molar-refractivity contribution in [2.24, 2.45) is 0 Å². The molecule has 0 radical (unpaired) electrons. The van der Waals surface area contributed by atoms with Gasteiger partial charge in [-0.05, 0) is 23.8 Å². The normalized spacial score (nSPS) is 10.4. The molecule has 1 amide bonds. The lowest BCUT2D eigenvalue weighted by Gasteiger charge is -2.07. The van der Waals surface area contributed by atoms with Gasteiger partial charge in [0.25, 0.3) is 0 Å². The van der Waals surface area contributed by atoms with Gasteiger partial charge in [0.15, 0.2) is 0 Å². The van der Waals surface area contributed by atoms with Crippen LogP contribution in [0.2, 0.25) is 0 Å². The van der Waals surface area contributed by atoms with Crippen molar-refractivity contribution in [1.29, 1.82) is 0 Å². The van der Waals surface area contributed by atoms with E-state index in [4.69, 9.17) is 14.3 Å². The lowest BCUT2D eigenvalue weighted by atomic mass is 10.2. The first kappa shape index (κ1) is 14.6. The second-order valence-electron chi connectivity index (χ2n) is 4.86. The number of hydrogen-bond acceptors (Lipinski definition) is 4. The molecular weight excluding hydrogens is 298 g/mol. The summed E-state index contributed by atoms with van der Waals surface area (Å²) in [6, 6.07) is 15.6. The van der Waals surface area contributed by atoms with Crippen LogP contribution in [0.1, 0.15) is 16.1 Å². The first-order valence-corrected chi connectivity index (χ1v) is 6.86. The molecule has 3 aromatic rings. The fourth-order valence-electron chi connectivity index (χ4n) is 2.09. The van der Waals surface area contributed by atoms with Crippen LogP contribution in [-0.4, -0.2) is 17.2 Å². The zero-order valence-corrected chi connectivity index (χ0v) is 12.0. The fourth-order valence-corrected chi connectivity index (χ4v) is 2.09. The highest BCUT2D eigenvalue weighted by atomic mass is 16.5. The van der Waals surface area contributed by atoms with E-state index in [1.165, 1.54) is 6.07 Å². The maximum Gasteiger partial charge on any atom is 0.411 e. The van der Waals surface area contributed by atoms with Crippen molar-refractivity contribution in [3.63, 3.8) is 0 Å². The second-order valence-corrected chi connectivity index (χ2v) is 4.86. The third kappa shape index (κ3) is 3.49. The molecule has 0 aliphatic heterocycles. The van der Waals surface area contributed by atoms with E-state index in [-0.39, 0.29) is 12.4 Å². The lowest BCUT2D eigenvalue weighted by Crippen LogP contribution is -2.13. The number of amides is 1. The third-order valence-corrected chi connectivity index (χ3v) is 3.19. The molecule has 6 nitrogen and oxygen atoms in total. The van der Waals surface area contributed by atoms with Gasteiger partial charge in [0.05, 0.1) is 0 Å². The van der Waals surface area contributed by atoms with Gasteiger partial charge in [-0.3, -0.25) is 5.32 Å². The zero-order chi connectivity index (χ0) is 16.2. The molecule has 0 bridgehead atoms. The number of carbonyl (C=O) groups is 2. The molecule has 2 N–H and O–H groups in total. The van der Waals surface area contributed by atoms with Gasteiger partial charge in [-0.2, -0.15) is 0 Å². The summed E-state index contributed by atoms with van der Waals surface area (Å²) >= 11 is 0. The van der Waals surface area contributed by atoms with Crippen molar-refractivity contribution in [2.75, 3.05) is 5.32 Å². The number of nitrogens with one attached hydrogen (secondary N) is 1. The monoisotopic (exact) mass is 311 g/mol. The second kappa shape index (κ2) is 6.23. The first-order chi connectivity index (χ1) is 11.1. The quantitative estimate of drug-likeness (QED) is 0.763. The number of carboxylic acid groups (broad SMARTS) is 1. The number of hydrogen-bond donors (Lipinski definition) is 2. The number of carboxylic acids is 1. The minimum atomic E-state index is -1.14. The minimum absolute atomic E-state index is 0.149. The first-order valence-electron chi connectivity index (χ1n) is 6.86. The summed E-state index contributed by atoms with van der Waals surface area (Å²) in [5, 5.41) is 12.1. The van der Waals surface area contributed by atoms with Gasteiger partial charge in [0, 0.05) is 17.1 Å². The van der Waals surface area contributed by atoms with E-state index >= 15 is 0 Å². The van der Waals surface area contributed by atoms with E-state index in [0.29, 0.717) is 16.7 Å². The Kier molecular flexibility index (Phi) is 3.97. The average Bonchev–Trinajstić information content (AvgIpc) is 2.97. The summed E-state index contributed by atoms with van der Waals surface area (Å²) in [5.74, 6) is -1.29. The highest BCUT2D eigenvalue weighted by Crippen LogP contribution is 2.23. The number of aromatic carboxylic acids is 1. The van der Waals surface area contributed by atoms with Crippen LogP contribution in [0, 0.1) is 0 Å². The Hall–Kier alpha value is -3.28. The number of anilines is 1. The van der Waals surface area contributed by atoms with Gasteiger partial charge in [-0.15, -0.1) is 0 Å². The standard InChI is InChI=1S/C17H13NO5/c19-16(20)15-8-12-6-7-13(9-14(12)23-15)18-17(21)22-10-11-4-2-1-3-5-11/h1-9H,10H2,(H,18,21)(H,19,20). The van der Waals surface area contributed by atoms with Crippen LogP contribution in [0.5, 0.6) is 0 Å². The molecular formula is C17H13NO5. The van der Waals surface area contributed by atoms with Crippen LogP contribution in [-0.2, 0) is 11.3 Å². The summed E-state index contributed by atoms with van der Waals surface area (Å²) in [6.07, 6.45) is -0.599. The number of carbonyl (C=O) groups excluding carboxylic acids is 1. The molecule has 0 unspecified atom stereocenters. The van der Waals surface area contributed by atoms with E-state index in [2.05, 4.69) is 5.32 Å². The van der Waals surface area contributed by atoms with Crippen LogP contribution in [0.25, 0.3) is 11.0 Å². The predicted molar refractivity (Wildman–Crippen MR) is 83.4 cm³/mol.